The Balaban J connectivity index is 0.00000784. The number of anilines is 4. The summed E-state index contributed by atoms with van der Waals surface area (Å²) in [4.78, 5) is 13.6. The van der Waals surface area contributed by atoms with Crippen LogP contribution in [0, 0.1) is 25.4 Å². The number of aromatic nitrogens is 2. The van der Waals surface area contributed by atoms with Gasteiger partial charge < -0.3 is 19.1 Å². The molecule has 446 valence electrons. The first-order valence-electron chi connectivity index (χ1n) is 30.3. The van der Waals surface area contributed by atoms with E-state index in [9.17, 15) is 0 Å². The standard InChI is InChI=1S/C79H80N5OS.Pt/c1-74(2,3)50-34-35-81-69(44-50)84-67-33-32-60-59-26-23-27-64(80-19)72(59)86-73(60)70(67)61-31-30-58(46-68(61)84)85-57-25-22-24-56(45-57)82-47-83(66-29-21-20-28-65(66)82)71-62(48-36-51(75(4,5)6)40-52(37-48)76(7,8)9)42-55(79(16,17)18)43-63(71)49-38-53(77(10,11)12)41-54(39-49)78(13,14)15;/h20-44,47H,1-18H3;/q-3;. The first kappa shape index (κ1) is 61.2. The van der Waals surface area contributed by atoms with Crippen LogP contribution in [0.5, 0.6) is 11.5 Å². The van der Waals surface area contributed by atoms with Gasteiger partial charge in [0.15, 0.2) is 0 Å². The van der Waals surface area contributed by atoms with Crippen LogP contribution in [-0.2, 0) is 53.6 Å². The molecule has 0 aliphatic carbocycles. The summed E-state index contributed by atoms with van der Waals surface area (Å²) >= 11 is 1.68. The maximum atomic E-state index is 8.01. The van der Waals surface area contributed by atoms with Gasteiger partial charge in [0.1, 0.15) is 5.82 Å². The molecule has 0 spiro atoms. The van der Waals surface area contributed by atoms with Crippen molar-refractivity contribution in [3.8, 4) is 39.6 Å². The fourth-order valence-corrected chi connectivity index (χ4v) is 13.3. The third-order valence-electron chi connectivity index (χ3n) is 17.3. The Bertz CT molecular complexity index is 4410. The summed E-state index contributed by atoms with van der Waals surface area (Å²) in [7, 11) is 0. The Morgan fingerprint density at radius 1 is 0.483 bits per heavy atom. The van der Waals surface area contributed by atoms with Crippen LogP contribution in [0.4, 0.5) is 28.4 Å². The normalized spacial score (nSPS) is 13.4. The molecule has 0 atom stereocenters. The number of fused-ring (bicyclic) bond motifs is 8. The van der Waals surface area contributed by atoms with Gasteiger partial charge in [-0.05, 0) is 136 Å². The minimum absolute atomic E-state index is 0. The van der Waals surface area contributed by atoms with E-state index < -0.39 is 0 Å². The van der Waals surface area contributed by atoms with Gasteiger partial charge in [-0.25, -0.2) is 9.83 Å². The van der Waals surface area contributed by atoms with Crippen LogP contribution >= 0.6 is 11.3 Å². The predicted octanol–water partition coefficient (Wildman–Crippen LogP) is 23.0. The molecule has 6 nitrogen and oxygen atoms in total. The van der Waals surface area contributed by atoms with Crippen molar-refractivity contribution < 1.29 is 25.8 Å². The Hall–Kier alpha value is -7.49. The molecule has 3 aromatic heterocycles. The minimum atomic E-state index is -0.165. The van der Waals surface area contributed by atoms with Gasteiger partial charge in [0.05, 0.1) is 6.57 Å². The molecule has 4 heterocycles. The van der Waals surface area contributed by atoms with Crippen LogP contribution in [0.15, 0.2) is 152 Å². The molecule has 0 radical (unpaired) electrons. The van der Waals surface area contributed by atoms with E-state index in [1.54, 1.807) is 11.3 Å². The van der Waals surface area contributed by atoms with E-state index in [2.05, 4.69) is 284 Å². The molecule has 0 fully saturated rings. The third kappa shape index (κ3) is 11.3. The van der Waals surface area contributed by atoms with Crippen LogP contribution in [0.2, 0.25) is 0 Å². The van der Waals surface area contributed by atoms with Gasteiger partial charge in [-0.3, -0.25) is 0 Å². The van der Waals surface area contributed by atoms with Crippen molar-refractivity contribution >= 4 is 81.8 Å². The Morgan fingerprint density at radius 3 is 1.54 bits per heavy atom. The molecular formula is C79H80N5OPtS-3. The van der Waals surface area contributed by atoms with Crippen molar-refractivity contribution in [1.29, 1.82) is 0 Å². The number of benzene rings is 8. The first-order valence-corrected chi connectivity index (χ1v) is 31.1. The zero-order valence-corrected chi connectivity index (χ0v) is 57.0. The Labute approximate surface area is 535 Å². The van der Waals surface area contributed by atoms with Gasteiger partial charge in [0, 0.05) is 81.9 Å². The SMILES string of the molecule is [C-]#[N+]c1cccc2c1sc1c2ccc2c1c1ccc(Oc3[c-]c(N4[CH-]N(c5c(-c6cc(C(C)(C)C)cc(C(C)(C)C)c6)cc(C(C)(C)C)cc5-c5cc(C(C)(C)C)cc(C(C)(C)C)c5)c5ccccc54)ccc3)[c-]c1n2-c1cc(C(C)(C)C)ccn1.[Pt]. The van der Waals surface area contributed by atoms with Gasteiger partial charge in [0.25, 0.3) is 0 Å². The molecule has 8 aromatic carbocycles. The first-order chi connectivity index (χ1) is 40.3. The van der Waals surface area contributed by atoms with Gasteiger partial charge in [-0.15, -0.1) is 59.4 Å². The largest absolute Gasteiger partial charge is 0.509 e. The van der Waals surface area contributed by atoms with Crippen molar-refractivity contribution in [2.75, 3.05) is 9.80 Å². The van der Waals surface area contributed by atoms with Crippen molar-refractivity contribution in [1.82, 2.24) is 9.55 Å². The maximum absolute atomic E-state index is 8.01. The molecular weight excluding hydrogens is 1260 g/mol. The second-order valence-electron chi connectivity index (χ2n) is 29.9. The van der Waals surface area contributed by atoms with Gasteiger partial charge in [-0.1, -0.05) is 203 Å². The fourth-order valence-electron chi connectivity index (χ4n) is 11.9. The predicted molar refractivity (Wildman–Crippen MR) is 366 cm³/mol. The van der Waals surface area contributed by atoms with Crippen LogP contribution in [0.25, 0.3) is 74.9 Å². The van der Waals surface area contributed by atoms with Crippen molar-refractivity contribution in [3.05, 3.63) is 215 Å². The van der Waals surface area contributed by atoms with E-state index in [4.69, 9.17) is 16.3 Å². The van der Waals surface area contributed by atoms with Gasteiger partial charge in [0.2, 0.25) is 5.69 Å². The fraction of sp³-hybridized carbons (Fsp3) is 0.304. The number of ether oxygens (including phenoxy) is 1. The molecule has 11 aromatic rings. The molecule has 8 heteroatoms. The smallest absolute Gasteiger partial charge is 0.204 e. The average molecular weight is 1340 g/mol. The minimum Gasteiger partial charge on any atom is -0.509 e. The van der Waals surface area contributed by atoms with E-state index in [0.29, 0.717) is 17.2 Å². The molecule has 0 saturated heterocycles. The molecule has 0 saturated carbocycles. The Morgan fingerprint density at radius 2 is 0.989 bits per heavy atom. The summed E-state index contributed by atoms with van der Waals surface area (Å²) in [5.41, 5.74) is 18.4. The summed E-state index contributed by atoms with van der Waals surface area (Å²) in [5.74, 6) is 1.93. The summed E-state index contributed by atoms with van der Waals surface area (Å²) in [5, 5.41) is 4.36. The van der Waals surface area contributed by atoms with E-state index >= 15 is 0 Å². The molecule has 1 aliphatic heterocycles. The Kier molecular flexibility index (Phi) is 15.2. The topological polar surface area (TPSA) is 37.9 Å². The van der Waals surface area contributed by atoms with Crippen LogP contribution < -0.4 is 14.5 Å². The quantitative estimate of drug-likeness (QED) is 0.149. The van der Waals surface area contributed by atoms with Crippen LogP contribution in [0.3, 0.4) is 0 Å². The van der Waals surface area contributed by atoms with Crippen LogP contribution in [0.1, 0.15) is 158 Å². The number of hydrogen-bond donors (Lipinski definition) is 0. The van der Waals surface area contributed by atoms with E-state index in [1.165, 1.54) is 55.6 Å². The number of thiophene rings is 1. The summed E-state index contributed by atoms with van der Waals surface area (Å²) < 4.78 is 11.3. The van der Waals surface area contributed by atoms with E-state index in [1.807, 2.05) is 30.5 Å². The maximum Gasteiger partial charge on any atom is 0.204 e. The molecule has 1 aliphatic rings. The number of pyridine rings is 1. The molecule has 87 heavy (non-hydrogen) atoms. The summed E-state index contributed by atoms with van der Waals surface area (Å²) in [6.07, 6.45) is 1.91. The van der Waals surface area contributed by atoms with Crippen molar-refractivity contribution in [2.45, 2.75) is 157 Å². The molecule has 0 amide bonds. The zero-order valence-electron chi connectivity index (χ0n) is 53.9. The monoisotopic (exact) mass is 1340 g/mol. The summed E-state index contributed by atoms with van der Waals surface area (Å²) in [6.45, 7) is 52.0. The second kappa shape index (κ2) is 21.7. The van der Waals surface area contributed by atoms with Crippen molar-refractivity contribution in [3.63, 3.8) is 0 Å². The van der Waals surface area contributed by atoms with E-state index in [-0.39, 0.29) is 53.6 Å². The number of nitrogens with zero attached hydrogens (tertiary/aromatic N) is 5. The number of hydrogen-bond acceptors (Lipinski definition) is 5. The van der Waals surface area contributed by atoms with Crippen LogP contribution in [-0.4, -0.2) is 9.55 Å². The average Bonchev–Trinajstić information content (AvgIpc) is 1.63. The van der Waals surface area contributed by atoms with Gasteiger partial charge >= 0.3 is 0 Å². The molecule has 12 rings (SSSR count). The zero-order chi connectivity index (χ0) is 61.4. The second-order valence-corrected chi connectivity index (χ2v) is 30.9. The number of rotatable bonds is 7. The molecule has 0 N–H and O–H groups in total. The van der Waals surface area contributed by atoms with E-state index in [0.717, 1.165) is 70.5 Å². The molecule has 0 bridgehead atoms. The third-order valence-corrected chi connectivity index (χ3v) is 18.5. The number of para-hydroxylation sites is 2. The van der Waals surface area contributed by atoms with Crippen molar-refractivity contribution in [2.24, 2.45) is 0 Å². The molecule has 0 unspecified atom stereocenters. The van der Waals surface area contributed by atoms with Gasteiger partial charge in [-0.2, -0.15) is 12.1 Å². The summed E-state index contributed by atoms with van der Waals surface area (Å²) in [6, 6.07) is 60.9.